The van der Waals surface area contributed by atoms with Gasteiger partial charge in [-0.3, -0.25) is 14.9 Å². The van der Waals surface area contributed by atoms with Crippen LogP contribution in [0.4, 0.5) is 5.95 Å². The molecule has 0 saturated carbocycles. The average molecular weight is 383 g/mol. The summed E-state index contributed by atoms with van der Waals surface area (Å²) in [6.07, 6.45) is 4.03. The standard InChI is InChI=1S/C23H17N3O3/c27-20-12-15(21-9-4-10-29-21)11-19-18(20)13-24-23(25-19)26-22(28)17-8-3-6-14-5-1-2-7-16(14)17/h1-10,13,15H,11-12H2,(H,24,25,26,28)/t15-/m0/s1. The number of carbonyl (C=O) groups is 2. The molecule has 1 aliphatic carbocycles. The number of fused-ring (bicyclic) bond motifs is 2. The fraction of sp³-hybridized carbons (Fsp3) is 0.130. The van der Waals surface area contributed by atoms with Crippen molar-refractivity contribution in [1.29, 1.82) is 0 Å². The van der Waals surface area contributed by atoms with Crippen molar-refractivity contribution in [2.24, 2.45) is 0 Å². The minimum absolute atomic E-state index is 0.0143. The summed E-state index contributed by atoms with van der Waals surface area (Å²) in [5.74, 6) is 0.603. The van der Waals surface area contributed by atoms with E-state index in [1.54, 1.807) is 12.3 Å². The van der Waals surface area contributed by atoms with Crippen molar-refractivity contribution in [2.75, 3.05) is 5.32 Å². The SMILES string of the molecule is O=C1C[C@@H](c2ccco2)Cc2nc(NC(=O)c3cccc4ccccc34)ncc21. The largest absolute Gasteiger partial charge is 0.469 e. The van der Waals surface area contributed by atoms with Gasteiger partial charge in [-0.2, -0.15) is 0 Å². The van der Waals surface area contributed by atoms with Crippen molar-refractivity contribution in [3.05, 3.63) is 89.6 Å². The molecule has 0 fully saturated rings. The van der Waals surface area contributed by atoms with Crippen LogP contribution in [-0.4, -0.2) is 21.7 Å². The van der Waals surface area contributed by atoms with Crippen LogP contribution < -0.4 is 5.32 Å². The summed E-state index contributed by atoms with van der Waals surface area (Å²) in [7, 11) is 0. The topological polar surface area (TPSA) is 85.1 Å². The minimum atomic E-state index is -0.286. The molecule has 1 aliphatic rings. The van der Waals surface area contributed by atoms with Gasteiger partial charge in [0.1, 0.15) is 5.76 Å². The number of carbonyl (C=O) groups excluding carboxylic acids is 2. The minimum Gasteiger partial charge on any atom is -0.469 e. The summed E-state index contributed by atoms with van der Waals surface area (Å²) in [5, 5.41) is 4.61. The van der Waals surface area contributed by atoms with E-state index in [4.69, 9.17) is 4.42 Å². The van der Waals surface area contributed by atoms with Gasteiger partial charge >= 0.3 is 0 Å². The fourth-order valence-corrected chi connectivity index (χ4v) is 3.82. The highest BCUT2D eigenvalue weighted by atomic mass is 16.3. The number of furan rings is 1. The number of hydrogen-bond acceptors (Lipinski definition) is 5. The third-order valence-electron chi connectivity index (χ3n) is 5.24. The molecule has 0 spiro atoms. The number of benzene rings is 2. The van der Waals surface area contributed by atoms with Crippen LogP contribution in [0.25, 0.3) is 10.8 Å². The Hall–Kier alpha value is -3.80. The number of ketones is 1. The van der Waals surface area contributed by atoms with E-state index in [1.165, 1.54) is 6.20 Å². The molecule has 6 heteroatoms. The van der Waals surface area contributed by atoms with Gasteiger partial charge in [0.25, 0.3) is 5.91 Å². The van der Waals surface area contributed by atoms with E-state index in [1.807, 2.05) is 48.5 Å². The van der Waals surface area contributed by atoms with E-state index in [9.17, 15) is 9.59 Å². The predicted molar refractivity (Wildman–Crippen MR) is 108 cm³/mol. The Morgan fingerprint density at radius 2 is 1.90 bits per heavy atom. The zero-order valence-electron chi connectivity index (χ0n) is 15.5. The molecular weight excluding hydrogens is 366 g/mol. The van der Waals surface area contributed by atoms with E-state index >= 15 is 0 Å². The van der Waals surface area contributed by atoms with Crippen LogP contribution in [0.1, 0.15) is 44.5 Å². The maximum absolute atomic E-state index is 12.8. The summed E-state index contributed by atoms with van der Waals surface area (Å²) in [6.45, 7) is 0. The Bertz CT molecular complexity index is 1230. The molecule has 4 aromatic rings. The predicted octanol–water partition coefficient (Wildman–Crippen LogP) is 4.39. The van der Waals surface area contributed by atoms with Crippen LogP contribution in [-0.2, 0) is 6.42 Å². The zero-order chi connectivity index (χ0) is 19.8. The first kappa shape index (κ1) is 17.3. The lowest BCUT2D eigenvalue weighted by Crippen LogP contribution is -2.22. The van der Waals surface area contributed by atoms with Crippen molar-refractivity contribution in [1.82, 2.24) is 9.97 Å². The van der Waals surface area contributed by atoms with Crippen LogP contribution in [0.3, 0.4) is 0 Å². The smallest absolute Gasteiger partial charge is 0.258 e. The highest BCUT2D eigenvalue weighted by Gasteiger charge is 2.29. The first-order valence-electron chi connectivity index (χ1n) is 9.40. The van der Waals surface area contributed by atoms with E-state index in [-0.39, 0.29) is 23.6 Å². The van der Waals surface area contributed by atoms with Crippen molar-refractivity contribution in [3.63, 3.8) is 0 Å². The summed E-state index contributed by atoms with van der Waals surface area (Å²) in [6, 6.07) is 17.0. The molecule has 29 heavy (non-hydrogen) atoms. The van der Waals surface area contributed by atoms with E-state index in [2.05, 4.69) is 15.3 Å². The van der Waals surface area contributed by atoms with Crippen LogP contribution in [0.5, 0.6) is 0 Å². The van der Waals surface area contributed by atoms with E-state index < -0.39 is 0 Å². The van der Waals surface area contributed by atoms with Gasteiger partial charge in [-0.15, -0.1) is 0 Å². The molecule has 6 nitrogen and oxygen atoms in total. The number of amides is 1. The van der Waals surface area contributed by atoms with Crippen LogP contribution in [0, 0.1) is 0 Å². The molecule has 1 atom stereocenters. The molecule has 1 amide bonds. The summed E-state index contributed by atoms with van der Waals surface area (Å²) >= 11 is 0. The second-order valence-electron chi connectivity index (χ2n) is 7.08. The van der Waals surface area contributed by atoms with Crippen LogP contribution >= 0.6 is 0 Å². The monoisotopic (exact) mass is 383 g/mol. The average Bonchev–Trinajstić information content (AvgIpc) is 3.28. The van der Waals surface area contributed by atoms with Gasteiger partial charge in [-0.05, 0) is 29.0 Å². The third kappa shape index (κ3) is 3.18. The van der Waals surface area contributed by atoms with Gasteiger partial charge in [0.2, 0.25) is 5.95 Å². The Balaban J connectivity index is 1.43. The van der Waals surface area contributed by atoms with Crippen molar-refractivity contribution < 1.29 is 14.0 Å². The summed E-state index contributed by atoms with van der Waals surface area (Å²) in [4.78, 5) is 34.0. The Morgan fingerprint density at radius 1 is 1.03 bits per heavy atom. The van der Waals surface area contributed by atoms with E-state index in [0.717, 1.165) is 16.5 Å². The molecule has 1 N–H and O–H groups in total. The lowest BCUT2D eigenvalue weighted by Gasteiger charge is -2.21. The first-order chi connectivity index (χ1) is 14.2. The Labute approximate surface area is 166 Å². The van der Waals surface area contributed by atoms with Gasteiger partial charge in [-0.1, -0.05) is 36.4 Å². The van der Waals surface area contributed by atoms with E-state index in [0.29, 0.717) is 29.7 Å². The Kier molecular flexibility index (Phi) is 4.17. The number of aromatic nitrogens is 2. The highest BCUT2D eigenvalue weighted by molar-refractivity contribution is 6.12. The van der Waals surface area contributed by atoms with Gasteiger partial charge in [0.05, 0.1) is 17.5 Å². The molecular formula is C23H17N3O3. The molecule has 0 bridgehead atoms. The second kappa shape index (κ2) is 6.98. The quantitative estimate of drug-likeness (QED) is 0.567. The molecule has 0 unspecified atom stereocenters. The molecule has 5 rings (SSSR count). The molecule has 0 radical (unpaired) electrons. The lowest BCUT2D eigenvalue weighted by molar-refractivity contribution is 0.0958. The van der Waals surface area contributed by atoms with Gasteiger partial charge in [-0.25, -0.2) is 9.97 Å². The van der Waals surface area contributed by atoms with Crippen LogP contribution in [0.15, 0.2) is 71.5 Å². The van der Waals surface area contributed by atoms with Crippen molar-refractivity contribution in [3.8, 4) is 0 Å². The van der Waals surface area contributed by atoms with Gasteiger partial charge < -0.3 is 4.42 Å². The molecule has 2 aromatic heterocycles. The number of Topliss-reactive ketones (excluding diaryl/α,β-unsaturated/α-hetero) is 1. The third-order valence-corrected chi connectivity index (χ3v) is 5.24. The number of anilines is 1. The van der Waals surface area contributed by atoms with Gasteiger partial charge in [0, 0.05) is 30.5 Å². The maximum Gasteiger partial charge on any atom is 0.258 e. The first-order valence-corrected chi connectivity index (χ1v) is 9.40. The molecule has 2 aromatic carbocycles. The fourth-order valence-electron chi connectivity index (χ4n) is 3.82. The molecule has 0 aliphatic heterocycles. The Morgan fingerprint density at radius 3 is 2.76 bits per heavy atom. The normalized spacial score (nSPS) is 15.9. The van der Waals surface area contributed by atoms with Gasteiger partial charge in [0.15, 0.2) is 5.78 Å². The van der Waals surface area contributed by atoms with Crippen molar-refractivity contribution >= 4 is 28.4 Å². The maximum atomic E-state index is 12.8. The lowest BCUT2D eigenvalue weighted by atomic mass is 9.85. The highest BCUT2D eigenvalue weighted by Crippen LogP contribution is 2.32. The molecule has 2 heterocycles. The number of rotatable bonds is 3. The summed E-state index contributed by atoms with van der Waals surface area (Å²) in [5.41, 5.74) is 1.69. The zero-order valence-corrected chi connectivity index (χ0v) is 15.5. The summed E-state index contributed by atoms with van der Waals surface area (Å²) < 4.78 is 5.46. The number of hydrogen-bond donors (Lipinski definition) is 1. The number of nitrogens with one attached hydrogen (secondary N) is 1. The number of nitrogens with zero attached hydrogens (tertiary/aromatic N) is 2. The molecule has 142 valence electrons. The van der Waals surface area contributed by atoms with Crippen LogP contribution in [0.2, 0.25) is 0 Å². The van der Waals surface area contributed by atoms with Crippen molar-refractivity contribution in [2.45, 2.75) is 18.8 Å². The molecule has 0 saturated heterocycles. The second-order valence-corrected chi connectivity index (χ2v) is 7.08.